The smallest absolute Gasteiger partial charge is 0.337 e. The van der Waals surface area contributed by atoms with Gasteiger partial charge in [-0.2, -0.15) is 0 Å². The van der Waals surface area contributed by atoms with Gasteiger partial charge in [0.1, 0.15) is 11.8 Å². The molecule has 1 aliphatic rings. The molecule has 2 atom stereocenters. The molecule has 0 unspecified atom stereocenters. The molecule has 176 valence electrons. The summed E-state index contributed by atoms with van der Waals surface area (Å²) in [4.78, 5) is 18.3. The molecule has 0 radical (unpaired) electrons. The second-order valence-corrected chi connectivity index (χ2v) is 8.79. The molecule has 4 aromatic rings. The Hall–Kier alpha value is -3.88. The van der Waals surface area contributed by atoms with E-state index in [0.29, 0.717) is 21.4 Å². The van der Waals surface area contributed by atoms with Crippen LogP contribution in [-0.4, -0.2) is 32.8 Å². The summed E-state index contributed by atoms with van der Waals surface area (Å²) in [6.07, 6.45) is 3.68. The summed E-state index contributed by atoms with van der Waals surface area (Å²) in [5.41, 5.74) is 3.51. The highest BCUT2D eigenvalue weighted by Crippen LogP contribution is 2.45. The van der Waals surface area contributed by atoms with Gasteiger partial charge < -0.3 is 24.6 Å². The Morgan fingerprint density at radius 1 is 1.11 bits per heavy atom. The average Bonchev–Trinajstić information content (AvgIpc) is 3.50. The molecule has 7 nitrogen and oxygen atoms in total. The van der Waals surface area contributed by atoms with Crippen LogP contribution in [0.4, 0.5) is 5.69 Å². The normalized spacial score (nSPS) is 17.3. The first kappa shape index (κ1) is 22.9. The number of aromatic nitrogens is 2. The number of phenols is 1. The third kappa shape index (κ3) is 4.22. The maximum atomic E-state index is 11.9. The van der Waals surface area contributed by atoms with Crippen LogP contribution in [0.5, 0.6) is 5.75 Å². The summed E-state index contributed by atoms with van der Waals surface area (Å²) >= 11 is 12.0. The second-order valence-electron chi connectivity index (χ2n) is 7.97. The van der Waals surface area contributed by atoms with Crippen LogP contribution in [-0.2, 0) is 4.74 Å². The Bertz CT molecular complexity index is 1390. The molecule has 0 aliphatic carbocycles. The lowest BCUT2D eigenvalue weighted by atomic mass is 10.0. The van der Waals surface area contributed by atoms with Gasteiger partial charge >= 0.3 is 5.97 Å². The van der Waals surface area contributed by atoms with Crippen LogP contribution in [0.25, 0.3) is 5.69 Å². The standard InChI is InChI=1S/C26H21ClN4O3S/c1-34-25(33)16-7-10-18(11-8-16)30-14-4-6-20(30)24-23(19-5-2-3-13-28-19)29-26(35)31(24)21-15-17(27)9-12-22(21)32/h2-15,23-24,32H,1H3,(H,29,35)/t23-,24-/m1/s1. The molecular formula is C26H21ClN4O3S. The zero-order valence-electron chi connectivity index (χ0n) is 18.6. The van der Waals surface area contributed by atoms with Gasteiger partial charge in [-0.15, -0.1) is 0 Å². The van der Waals surface area contributed by atoms with Crippen LogP contribution in [0, 0.1) is 0 Å². The fraction of sp³-hybridized carbons (Fsp3) is 0.115. The second kappa shape index (κ2) is 9.40. The predicted octanol–water partition coefficient (Wildman–Crippen LogP) is 5.20. The van der Waals surface area contributed by atoms with Crippen molar-refractivity contribution in [3.8, 4) is 11.4 Å². The molecule has 1 fully saturated rings. The first-order chi connectivity index (χ1) is 17.0. The Labute approximate surface area is 212 Å². The molecule has 9 heteroatoms. The van der Waals surface area contributed by atoms with E-state index in [1.165, 1.54) is 7.11 Å². The van der Waals surface area contributed by atoms with Gasteiger partial charge in [0.05, 0.1) is 30.1 Å². The lowest BCUT2D eigenvalue weighted by Gasteiger charge is -2.29. The van der Waals surface area contributed by atoms with Crippen LogP contribution in [0.1, 0.15) is 33.8 Å². The number of aromatic hydroxyl groups is 1. The third-order valence-electron chi connectivity index (χ3n) is 5.94. The molecule has 0 saturated carbocycles. The SMILES string of the molecule is COC(=O)c1ccc(-n2cccc2[C@@H]2[C@@H](c3ccccn3)NC(=S)N2c2cc(Cl)ccc2O)cc1. The number of nitrogens with zero attached hydrogens (tertiary/aromatic N) is 3. The molecule has 3 heterocycles. The summed E-state index contributed by atoms with van der Waals surface area (Å²) < 4.78 is 6.83. The van der Waals surface area contributed by atoms with Crippen molar-refractivity contribution in [2.45, 2.75) is 12.1 Å². The largest absolute Gasteiger partial charge is 0.506 e. The van der Waals surface area contributed by atoms with Crippen LogP contribution in [0.2, 0.25) is 5.02 Å². The molecule has 1 saturated heterocycles. The highest BCUT2D eigenvalue weighted by molar-refractivity contribution is 7.80. The van der Waals surface area contributed by atoms with Crippen LogP contribution < -0.4 is 10.2 Å². The molecule has 1 aliphatic heterocycles. The van der Waals surface area contributed by atoms with E-state index >= 15 is 0 Å². The first-order valence-corrected chi connectivity index (χ1v) is 11.6. The Balaban J connectivity index is 1.64. The van der Waals surface area contributed by atoms with Gasteiger partial charge in [0.15, 0.2) is 5.11 Å². The molecular weight excluding hydrogens is 484 g/mol. The summed E-state index contributed by atoms with van der Waals surface area (Å²) in [6, 6.07) is 21.0. The van der Waals surface area contributed by atoms with E-state index in [1.807, 2.05) is 58.1 Å². The number of hydrogen-bond acceptors (Lipinski definition) is 5. The van der Waals surface area contributed by atoms with E-state index in [0.717, 1.165) is 17.1 Å². The number of methoxy groups -OCH3 is 1. The van der Waals surface area contributed by atoms with Crippen molar-refractivity contribution in [2.75, 3.05) is 12.0 Å². The van der Waals surface area contributed by atoms with Crippen LogP contribution in [0.3, 0.4) is 0 Å². The van der Waals surface area contributed by atoms with E-state index in [9.17, 15) is 9.90 Å². The van der Waals surface area contributed by atoms with Crippen LogP contribution >= 0.6 is 23.8 Å². The topological polar surface area (TPSA) is 79.6 Å². The fourth-order valence-corrected chi connectivity index (χ4v) is 4.86. The number of phenolic OH excluding ortho intramolecular Hbond substituents is 1. The van der Waals surface area contributed by atoms with E-state index in [4.69, 9.17) is 28.6 Å². The van der Waals surface area contributed by atoms with Gasteiger partial charge in [0.25, 0.3) is 0 Å². The minimum Gasteiger partial charge on any atom is -0.506 e. The molecule has 2 aromatic heterocycles. The number of esters is 1. The Kier molecular flexibility index (Phi) is 6.15. The molecule has 0 bridgehead atoms. The minimum atomic E-state index is -0.396. The minimum absolute atomic E-state index is 0.0609. The molecule has 0 amide bonds. The van der Waals surface area contributed by atoms with Gasteiger partial charge in [-0.25, -0.2) is 4.79 Å². The predicted molar refractivity (Wildman–Crippen MR) is 138 cm³/mol. The molecule has 2 N–H and O–H groups in total. The number of carbonyl (C=O) groups is 1. The van der Waals surface area contributed by atoms with Gasteiger partial charge in [-0.05, 0) is 78.9 Å². The fourth-order valence-electron chi connectivity index (χ4n) is 4.35. The number of nitrogens with one attached hydrogen (secondary N) is 1. The number of hydrogen-bond donors (Lipinski definition) is 2. The van der Waals surface area contributed by atoms with Crippen molar-refractivity contribution < 1.29 is 14.6 Å². The maximum Gasteiger partial charge on any atom is 0.337 e. The van der Waals surface area contributed by atoms with Crippen molar-refractivity contribution in [1.29, 1.82) is 0 Å². The Morgan fingerprint density at radius 2 is 1.91 bits per heavy atom. The summed E-state index contributed by atoms with van der Waals surface area (Å²) in [5, 5.41) is 15.0. The quantitative estimate of drug-likeness (QED) is 0.286. The molecule has 2 aromatic carbocycles. The average molecular weight is 505 g/mol. The van der Waals surface area contributed by atoms with Crippen molar-refractivity contribution in [2.24, 2.45) is 0 Å². The third-order valence-corrected chi connectivity index (χ3v) is 6.49. The number of pyridine rings is 1. The molecule has 35 heavy (non-hydrogen) atoms. The van der Waals surface area contributed by atoms with Gasteiger partial charge in [-0.3, -0.25) is 4.98 Å². The zero-order valence-corrected chi connectivity index (χ0v) is 20.2. The van der Waals surface area contributed by atoms with Crippen molar-refractivity contribution >= 4 is 40.6 Å². The van der Waals surface area contributed by atoms with Crippen molar-refractivity contribution in [3.05, 3.63) is 107 Å². The summed E-state index contributed by atoms with van der Waals surface area (Å²) in [7, 11) is 1.36. The highest BCUT2D eigenvalue weighted by atomic mass is 35.5. The van der Waals surface area contributed by atoms with E-state index < -0.39 is 5.97 Å². The number of halogens is 1. The van der Waals surface area contributed by atoms with Crippen molar-refractivity contribution in [1.82, 2.24) is 14.9 Å². The zero-order chi connectivity index (χ0) is 24.5. The van der Waals surface area contributed by atoms with E-state index in [2.05, 4.69) is 10.3 Å². The number of ether oxygens (including phenoxy) is 1. The number of thiocarbonyl (C=S) groups is 1. The lowest BCUT2D eigenvalue weighted by Crippen LogP contribution is -2.30. The number of anilines is 1. The lowest BCUT2D eigenvalue weighted by molar-refractivity contribution is 0.0600. The first-order valence-electron chi connectivity index (χ1n) is 10.8. The van der Waals surface area contributed by atoms with E-state index in [1.54, 1.807) is 36.5 Å². The summed E-state index contributed by atoms with van der Waals surface area (Å²) in [5.74, 6) is -0.335. The summed E-state index contributed by atoms with van der Waals surface area (Å²) in [6.45, 7) is 0. The number of rotatable bonds is 5. The van der Waals surface area contributed by atoms with Crippen molar-refractivity contribution in [3.63, 3.8) is 0 Å². The van der Waals surface area contributed by atoms with Gasteiger partial charge in [0.2, 0.25) is 0 Å². The molecule has 5 rings (SSSR count). The van der Waals surface area contributed by atoms with E-state index in [-0.39, 0.29) is 17.8 Å². The van der Waals surface area contributed by atoms with Crippen LogP contribution in [0.15, 0.2) is 85.2 Å². The highest BCUT2D eigenvalue weighted by Gasteiger charge is 2.43. The Morgan fingerprint density at radius 3 is 2.63 bits per heavy atom. The van der Waals surface area contributed by atoms with Gasteiger partial charge in [-0.1, -0.05) is 17.7 Å². The monoisotopic (exact) mass is 504 g/mol. The van der Waals surface area contributed by atoms with Gasteiger partial charge in [0, 0.05) is 28.8 Å². The number of carbonyl (C=O) groups excluding carboxylic acids is 1. The maximum absolute atomic E-state index is 11.9. The number of benzene rings is 2. The molecule has 0 spiro atoms.